The lowest BCUT2D eigenvalue weighted by molar-refractivity contribution is -0.169. The fourth-order valence-corrected chi connectivity index (χ4v) is 5.32. The number of nitrogens with zero attached hydrogens (tertiary/aromatic N) is 2. The van der Waals surface area contributed by atoms with Crippen LogP contribution in [0.5, 0.6) is 0 Å². The second-order valence-corrected chi connectivity index (χ2v) is 8.12. The molecule has 2 aliphatic heterocycles. The summed E-state index contributed by atoms with van der Waals surface area (Å²) in [7, 11) is 0. The molecule has 1 aliphatic carbocycles. The van der Waals surface area contributed by atoms with Crippen LogP contribution < -0.4 is 0 Å². The number of nitrogens with one attached hydrogen (secondary N) is 1. The summed E-state index contributed by atoms with van der Waals surface area (Å²) in [4.78, 5) is 33.8. The summed E-state index contributed by atoms with van der Waals surface area (Å²) in [6.45, 7) is 2.80. The average Bonchev–Trinajstić information content (AvgIpc) is 3.06. The van der Waals surface area contributed by atoms with Gasteiger partial charge in [0.05, 0.1) is 5.69 Å². The van der Waals surface area contributed by atoms with Crippen molar-refractivity contribution in [3.8, 4) is 0 Å². The molecule has 0 unspecified atom stereocenters. The summed E-state index contributed by atoms with van der Waals surface area (Å²) in [6, 6.07) is 8.42. The van der Waals surface area contributed by atoms with E-state index in [0.717, 1.165) is 43.3 Å². The first-order valence-electron chi connectivity index (χ1n) is 9.82. The van der Waals surface area contributed by atoms with E-state index >= 15 is 0 Å². The number of hydrogen-bond acceptors (Lipinski definition) is 2. The zero-order valence-corrected chi connectivity index (χ0v) is 15.3. The minimum Gasteiger partial charge on any atom is -0.356 e. The van der Waals surface area contributed by atoms with Crippen LogP contribution in [0.15, 0.2) is 24.3 Å². The molecule has 136 valence electrons. The smallest absolute Gasteiger partial charge is 0.255 e. The van der Waals surface area contributed by atoms with Gasteiger partial charge < -0.3 is 14.8 Å². The van der Waals surface area contributed by atoms with E-state index in [-0.39, 0.29) is 24.4 Å². The van der Waals surface area contributed by atoms with E-state index in [1.807, 2.05) is 28.9 Å². The van der Waals surface area contributed by atoms with Crippen LogP contribution >= 0.6 is 0 Å². The van der Waals surface area contributed by atoms with Gasteiger partial charge in [0.2, 0.25) is 5.91 Å². The van der Waals surface area contributed by atoms with Crippen LogP contribution in [0.4, 0.5) is 0 Å². The molecule has 0 radical (unpaired) electrons. The molecule has 1 atom stereocenters. The number of hydrogen-bond donors (Lipinski definition) is 1. The molecule has 2 aromatic rings. The molecule has 1 aromatic carbocycles. The number of benzene rings is 1. The Hall–Kier alpha value is -2.30. The normalized spacial score (nSPS) is 27.0. The lowest BCUT2D eigenvalue weighted by Gasteiger charge is -2.51. The SMILES string of the molecule is C[C@]12C(=O)N(C3CCCCC3)CC(=O)N1CCc1c2[nH]c2ccccc12. The highest BCUT2D eigenvalue weighted by Crippen LogP contribution is 2.43. The van der Waals surface area contributed by atoms with Crippen LogP contribution in [-0.4, -0.2) is 45.7 Å². The summed E-state index contributed by atoms with van der Waals surface area (Å²) >= 11 is 0. The summed E-state index contributed by atoms with van der Waals surface area (Å²) in [5.74, 6) is 0.179. The molecule has 1 aromatic heterocycles. The number of carbonyl (C=O) groups is 2. The maximum Gasteiger partial charge on any atom is 0.255 e. The first-order valence-corrected chi connectivity index (χ1v) is 9.82. The fraction of sp³-hybridized carbons (Fsp3) is 0.524. The monoisotopic (exact) mass is 351 g/mol. The molecule has 1 saturated carbocycles. The van der Waals surface area contributed by atoms with E-state index < -0.39 is 5.54 Å². The number of rotatable bonds is 1. The Morgan fingerprint density at radius 2 is 1.88 bits per heavy atom. The van der Waals surface area contributed by atoms with Gasteiger partial charge >= 0.3 is 0 Å². The number of aromatic nitrogens is 1. The Balaban J connectivity index is 1.63. The first kappa shape index (κ1) is 15.9. The average molecular weight is 351 g/mol. The van der Waals surface area contributed by atoms with Gasteiger partial charge in [0.25, 0.3) is 5.91 Å². The van der Waals surface area contributed by atoms with Crippen molar-refractivity contribution >= 4 is 22.7 Å². The van der Waals surface area contributed by atoms with Crippen LogP contribution in [0, 0.1) is 0 Å². The maximum absolute atomic E-state index is 13.7. The highest BCUT2D eigenvalue weighted by Gasteiger charge is 2.55. The van der Waals surface area contributed by atoms with Crippen molar-refractivity contribution in [3.63, 3.8) is 0 Å². The van der Waals surface area contributed by atoms with E-state index in [1.165, 1.54) is 17.4 Å². The summed E-state index contributed by atoms with van der Waals surface area (Å²) in [5, 5.41) is 1.18. The number of piperazine rings is 1. The molecule has 3 heterocycles. The lowest BCUT2D eigenvalue weighted by atomic mass is 9.82. The number of fused-ring (bicyclic) bond motifs is 5. The molecule has 0 bridgehead atoms. The van der Waals surface area contributed by atoms with Crippen molar-refractivity contribution in [3.05, 3.63) is 35.5 Å². The van der Waals surface area contributed by atoms with Crippen LogP contribution in [0.25, 0.3) is 10.9 Å². The topological polar surface area (TPSA) is 56.4 Å². The maximum atomic E-state index is 13.7. The summed E-state index contributed by atoms with van der Waals surface area (Å²) in [6.07, 6.45) is 6.39. The quantitative estimate of drug-likeness (QED) is 0.859. The molecule has 26 heavy (non-hydrogen) atoms. The number of para-hydroxylation sites is 1. The number of amides is 2. The highest BCUT2D eigenvalue weighted by atomic mass is 16.2. The number of aromatic amines is 1. The summed E-state index contributed by atoms with van der Waals surface area (Å²) < 4.78 is 0. The minimum atomic E-state index is -0.903. The Morgan fingerprint density at radius 3 is 2.69 bits per heavy atom. The minimum absolute atomic E-state index is 0.0852. The van der Waals surface area contributed by atoms with Gasteiger partial charge in [0.1, 0.15) is 6.54 Å². The largest absolute Gasteiger partial charge is 0.356 e. The van der Waals surface area contributed by atoms with Crippen molar-refractivity contribution in [2.75, 3.05) is 13.1 Å². The zero-order chi connectivity index (χ0) is 17.9. The van der Waals surface area contributed by atoms with E-state index in [4.69, 9.17) is 0 Å². The van der Waals surface area contributed by atoms with Crippen molar-refractivity contribution < 1.29 is 9.59 Å². The third-order valence-electron chi connectivity index (χ3n) is 6.73. The standard InChI is InChI=1S/C21H25N3O2/c1-21-19-16(15-9-5-6-10-17(15)22-19)11-12-24(21)18(25)13-23(20(21)26)14-7-3-2-4-8-14/h5-6,9-10,14,22H,2-4,7-8,11-13H2,1H3/t21-/m0/s1. The Bertz CT molecular complexity index is 896. The van der Waals surface area contributed by atoms with Crippen LogP contribution in [0.1, 0.15) is 50.3 Å². The van der Waals surface area contributed by atoms with Gasteiger partial charge in [-0.3, -0.25) is 9.59 Å². The Morgan fingerprint density at radius 1 is 1.12 bits per heavy atom. The second-order valence-electron chi connectivity index (χ2n) is 8.12. The molecule has 2 amide bonds. The van der Waals surface area contributed by atoms with Gasteiger partial charge in [-0.15, -0.1) is 0 Å². The molecule has 1 saturated heterocycles. The van der Waals surface area contributed by atoms with Crippen LogP contribution in [0.3, 0.4) is 0 Å². The van der Waals surface area contributed by atoms with Crippen LogP contribution in [0.2, 0.25) is 0 Å². The van der Waals surface area contributed by atoms with Gasteiger partial charge in [0.15, 0.2) is 5.54 Å². The van der Waals surface area contributed by atoms with E-state index in [9.17, 15) is 9.59 Å². The molecule has 5 heteroatoms. The van der Waals surface area contributed by atoms with Gasteiger partial charge in [-0.05, 0) is 37.8 Å². The lowest BCUT2D eigenvalue weighted by Crippen LogP contribution is -2.68. The summed E-state index contributed by atoms with van der Waals surface area (Å²) in [5.41, 5.74) is 2.27. The molecule has 3 aliphatic rings. The van der Waals surface area contributed by atoms with Crippen molar-refractivity contribution in [1.29, 1.82) is 0 Å². The zero-order valence-electron chi connectivity index (χ0n) is 15.3. The van der Waals surface area contributed by atoms with Gasteiger partial charge in [-0.2, -0.15) is 0 Å². The predicted molar refractivity (Wildman–Crippen MR) is 99.7 cm³/mol. The van der Waals surface area contributed by atoms with Gasteiger partial charge in [-0.1, -0.05) is 37.5 Å². The molecule has 5 nitrogen and oxygen atoms in total. The first-order chi connectivity index (χ1) is 12.6. The Labute approximate surface area is 153 Å². The third kappa shape index (κ3) is 2.03. The molecular weight excluding hydrogens is 326 g/mol. The molecular formula is C21H25N3O2. The van der Waals surface area contributed by atoms with E-state index in [0.29, 0.717) is 6.54 Å². The van der Waals surface area contributed by atoms with Gasteiger partial charge in [-0.25, -0.2) is 0 Å². The number of carbonyl (C=O) groups excluding carboxylic acids is 2. The van der Waals surface area contributed by atoms with Crippen molar-refractivity contribution in [2.45, 2.75) is 57.0 Å². The Kier molecular flexibility index (Phi) is 3.43. The van der Waals surface area contributed by atoms with Gasteiger partial charge in [0, 0.05) is 23.5 Å². The van der Waals surface area contributed by atoms with E-state index in [2.05, 4.69) is 17.1 Å². The highest BCUT2D eigenvalue weighted by molar-refractivity contribution is 6.00. The molecule has 5 rings (SSSR count). The third-order valence-corrected chi connectivity index (χ3v) is 6.73. The molecule has 0 spiro atoms. The molecule has 2 fully saturated rings. The van der Waals surface area contributed by atoms with E-state index in [1.54, 1.807) is 0 Å². The van der Waals surface area contributed by atoms with Crippen molar-refractivity contribution in [1.82, 2.24) is 14.8 Å². The fourth-order valence-electron chi connectivity index (χ4n) is 5.32. The predicted octanol–water partition coefficient (Wildman–Crippen LogP) is 2.94. The second kappa shape index (κ2) is 5.60. The molecule has 1 N–H and O–H groups in total. The van der Waals surface area contributed by atoms with Crippen LogP contribution in [-0.2, 0) is 21.5 Å². The number of H-pyrrole nitrogens is 1. The van der Waals surface area contributed by atoms with Crippen molar-refractivity contribution in [2.24, 2.45) is 0 Å².